The van der Waals surface area contributed by atoms with Crippen molar-refractivity contribution in [3.05, 3.63) is 100 Å². The number of hydrogen-bond donors (Lipinski definition) is 0. The largest absolute Gasteiger partial charge is 0.457 e. The van der Waals surface area contributed by atoms with Crippen LogP contribution in [0.25, 0.3) is 6.08 Å². The van der Waals surface area contributed by atoms with Crippen molar-refractivity contribution in [1.82, 2.24) is 0 Å². The second kappa shape index (κ2) is 8.02. The summed E-state index contributed by atoms with van der Waals surface area (Å²) in [4.78, 5) is 12.3. The van der Waals surface area contributed by atoms with Crippen molar-refractivity contribution >= 4 is 35.1 Å². The van der Waals surface area contributed by atoms with Gasteiger partial charge in [-0.1, -0.05) is 59.6 Å². The van der Waals surface area contributed by atoms with Crippen molar-refractivity contribution in [3.8, 4) is 11.5 Å². The summed E-state index contributed by atoms with van der Waals surface area (Å²) >= 11 is 12.1. The van der Waals surface area contributed by atoms with Gasteiger partial charge in [0, 0.05) is 16.7 Å². The van der Waals surface area contributed by atoms with E-state index >= 15 is 0 Å². The molecule has 0 aromatic heterocycles. The molecule has 3 aromatic rings. The lowest BCUT2D eigenvalue weighted by Gasteiger charge is -2.08. The Hall–Kier alpha value is -2.55. The van der Waals surface area contributed by atoms with Gasteiger partial charge in [0.05, 0.1) is 5.02 Å². The molecule has 3 aromatic carbocycles. The third-order valence-electron chi connectivity index (χ3n) is 3.48. The van der Waals surface area contributed by atoms with Crippen LogP contribution in [-0.2, 0) is 0 Å². The minimum atomic E-state index is -0.160. The maximum absolute atomic E-state index is 12.3. The Bertz CT molecular complexity index is 901. The number of carbonyl (C=O) groups excluding carboxylic acids is 1. The number of rotatable bonds is 5. The Kier molecular flexibility index (Phi) is 5.54. The van der Waals surface area contributed by atoms with Gasteiger partial charge in [-0.25, -0.2) is 0 Å². The van der Waals surface area contributed by atoms with Crippen molar-refractivity contribution in [3.63, 3.8) is 0 Å². The zero-order valence-electron chi connectivity index (χ0n) is 13.2. The molecule has 124 valence electrons. The van der Waals surface area contributed by atoms with Crippen LogP contribution in [0, 0.1) is 0 Å². The first-order valence-electron chi connectivity index (χ1n) is 7.62. The quantitative estimate of drug-likeness (QED) is 0.370. The molecular weight excluding hydrogens is 355 g/mol. The fourth-order valence-corrected chi connectivity index (χ4v) is 2.61. The first kappa shape index (κ1) is 17.3. The molecule has 0 saturated carbocycles. The summed E-state index contributed by atoms with van der Waals surface area (Å²) in [6, 6.07) is 21.6. The van der Waals surface area contributed by atoms with Crippen LogP contribution < -0.4 is 4.74 Å². The van der Waals surface area contributed by atoms with Crippen LogP contribution in [0.4, 0.5) is 0 Å². The molecule has 0 amide bonds. The maximum atomic E-state index is 12.3. The fourth-order valence-electron chi connectivity index (χ4n) is 2.22. The van der Waals surface area contributed by atoms with Gasteiger partial charge < -0.3 is 4.74 Å². The number of allylic oxidation sites excluding steroid dienone is 1. The Labute approximate surface area is 156 Å². The van der Waals surface area contributed by atoms with Gasteiger partial charge in [0.25, 0.3) is 0 Å². The summed E-state index contributed by atoms with van der Waals surface area (Å²) < 4.78 is 5.71. The van der Waals surface area contributed by atoms with Crippen molar-refractivity contribution < 1.29 is 9.53 Å². The van der Waals surface area contributed by atoms with Gasteiger partial charge in [-0.15, -0.1) is 0 Å². The highest BCUT2D eigenvalue weighted by Crippen LogP contribution is 2.28. The highest BCUT2D eigenvalue weighted by molar-refractivity contribution is 6.34. The van der Waals surface area contributed by atoms with Crippen LogP contribution >= 0.6 is 23.2 Å². The van der Waals surface area contributed by atoms with E-state index in [4.69, 9.17) is 27.9 Å². The molecule has 0 aliphatic carbocycles. The summed E-state index contributed by atoms with van der Waals surface area (Å²) in [7, 11) is 0. The molecular formula is C21H14Cl2O2. The van der Waals surface area contributed by atoms with Gasteiger partial charge in [-0.2, -0.15) is 0 Å². The molecule has 0 saturated heterocycles. The van der Waals surface area contributed by atoms with Gasteiger partial charge in [0.1, 0.15) is 11.5 Å². The number of ether oxygens (including phenoxy) is 1. The Morgan fingerprint density at radius 1 is 0.840 bits per heavy atom. The highest BCUT2D eigenvalue weighted by Gasteiger charge is 2.09. The number of hydrogen-bond acceptors (Lipinski definition) is 2. The molecule has 0 aliphatic heterocycles. The van der Waals surface area contributed by atoms with Gasteiger partial charge >= 0.3 is 0 Å². The van der Waals surface area contributed by atoms with Crippen LogP contribution in [0.1, 0.15) is 15.9 Å². The summed E-state index contributed by atoms with van der Waals surface area (Å²) in [5.41, 5.74) is 1.38. The van der Waals surface area contributed by atoms with Crippen LogP contribution in [0.5, 0.6) is 11.5 Å². The second-order valence-electron chi connectivity index (χ2n) is 5.31. The lowest BCUT2D eigenvalue weighted by Crippen LogP contribution is -1.96. The van der Waals surface area contributed by atoms with E-state index in [9.17, 15) is 4.79 Å². The molecule has 0 spiro atoms. The maximum Gasteiger partial charge on any atom is 0.187 e. The monoisotopic (exact) mass is 368 g/mol. The van der Waals surface area contributed by atoms with E-state index in [-0.39, 0.29) is 5.78 Å². The molecule has 0 aliphatic rings. The number of carbonyl (C=O) groups is 1. The SMILES string of the molecule is O=C(C=Cc1ccccc1)c1ccc(Oc2ccc(Cl)cc2)cc1Cl. The third-order valence-corrected chi connectivity index (χ3v) is 4.05. The Morgan fingerprint density at radius 2 is 1.52 bits per heavy atom. The van der Waals surface area contributed by atoms with Crippen LogP contribution in [0.15, 0.2) is 78.9 Å². The van der Waals surface area contributed by atoms with Crippen molar-refractivity contribution in [2.75, 3.05) is 0 Å². The Morgan fingerprint density at radius 3 is 2.20 bits per heavy atom. The minimum absolute atomic E-state index is 0.160. The van der Waals surface area contributed by atoms with Gasteiger partial charge in [-0.3, -0.25) is 4.79 Å². The summed E-state index contributed by atoms with van der Waals surface area (Å²) in [5, 5.41) is 0.978. The van der Waals surface area contributed by atoms with Crippen molar-refractivity contribution in [1.29, 1.82) is 0 Å². The van der Waals surface area contributed by atoms with Gasteiger partial charge in [-0.05, 0) is 48.0 Å². The molecule has 3 rings (SSSR count). The fraction of sp³-hybridized carbons (Fsp3) is 0. The first-order valence-corrected chi connectivity index (χ1v) is 8.38. The zero-order chi connectivity index (χ0) is 17.6. The molecule has 2 nitrogen and oxygen atoms in total. The van der Waals surface area contributed by atoms with E-state index < -0.39 is 0 Å². The normalized spacial score (nSPS) is 10.8. The molecule has 0 N–H and O–H groups in total. The molecule has 0 unspecified atom stereocenters. The zero-order valence-corrected chi connectivity index (χ0v) is 14.7. The molecule has 4 heteroatoms. The smallest absolute Gasteiger partial charge is 0.187 e. The van der Waals surface area contributed by atoms with Crippen LogP contribution in [0.2, 0.25) is 10.0 Å². The van der Waals surface area contributed by atoms with Crippen molar-refractivity contribution in [2.24, 2.45) is 0 Å². The van der Waals surface area contributed by atoms with E-state index in [0.29, 0.717) is 27.1 Å². The van der Waals surface area contributed by atoms with E-state index in [0.717, 1.165) is 5.56 Å². The lowest BCUT2D eigenvalue weighted by atomic mass is 10.1. The van der Waals surface area contributed by atoms with Gasteiger partial charge in [0.15, 0.2) is 5.78 Å². The summed E-state index contributed by atoms with van der Waals surface area (Å²) in [5.74, 6) is 1.03. The average molecular weight is 369 g/mol. The van der Waals surface area contributed by atoms with Crippen LogP contribution in [0.3, 0.4) is 0 Å². The summed E-state index contributed by atoms with van der Waals surface area (Å²) in [6.45, 7) is 0. The number of halogens is 2. The van der Waals surface area contributed by atoms with Gasteiger partial charge in [0.2, 0.25) is 0 Å². The predicted octanol–water partition coefficient (Wildman–Crippen LogP) is 6.68. The number of ketones is 1. The van der Waals surface area contributed by atoms with E-state index in [1.165, 1.54) is 6.08 Å². The lowest BCUT2D eigenvalue weighted by molar-refractivity contribution is 0.104. The minimum Gasteiger partial charge on any atom is -0.457 e. The average Bonchev–Trinajstić information content (AvgIpc) is 2.63. The predicted molar refractivity (Wildman–Crippen MR) is 103 cm³/mol. The van der Waals surface area contributed by atoms with Crippen molar-refractivity contribution in [2.45, 2.75) is 0 Å². The summed E-state index contributed by atoms with van der Waals surface area (Å²) in [6.07, 6.45) is 3.27. The van der Waals surface area contributed by atoms with Crippen LogP contribution in [-0.4, -0.2) is 5.78 Å². The molecule has 0 heterocycles. The molecule has 0 bridgehead atoms. The highest BCUT2D eigenvalue weighted by atomic mass is 35.5. The van der Waals surface area contributed by atoms with E-state index in [2.05, 4.69) is 0 Å². The Balaban J connectivity index is 1.74. The molecule has 0 atom stereocenters. The topological polar surface area (TPSA) is 26.3 Å². The molecule has 25 heavy (non-hydrogen) atoms. The first-order chi connectivity index (χ1) is 12.1. The molecule has 0 radical (unpaired) electrons. The standard InChI is InChI=1S/C21H14Cl2O2/c22-16-7-9-17(10-8-16)25-18-11-12-19(20(23)14-18)21(24)13-6-15-4-2-1-3-5-15/h1-14H. The third kappa shape index (κ3) is 4.72. The number of benzene rings is 3. The molecule has 0 fully saturated rings. The second-order valence-corrected chi connectivity index (χ2v) is 6.15. The van der Waals surface area contributed by atoms with E-state index in [1.807, 2.05) is 30.3 Å². The van der Waals surface area contributed by atoms with E-state index in [1.54, 1.807) is 48.5 Å².